The molecular weight excluding hydrogens is 362 g/mol. The third kappa shape index (κ3) is 3.86. The molecule has 10 heteroatoms. The molecule has 0 unspecified atom stereocenters. The number of imidazole rings is 1. The minimum absolute atomic E-state index is 0.0592. The van der Waals surface area contributed by atoms with Crippen LogP contribution in [0.3, 0.4) is 0 Å². The number of anilines is 1. The highest BCUT2D eigenvalue weighted by molar-refractivity contribution is 7.89. The molecule has 0 radical (unpaired) electrons. The third-order valence-electron chi connectivity index (χ3n) is 4.18. The van der Waals surface area contributed by atoms with E-state index in [0.717, 1.165) is 5.00 Å². The van der Waals surface area contributed by atoms with Crippen molar-refractivity contribution in [1.29, 1.82) is 0 Å². The van der Waals surface area contributed by atoms with Gasteiger partial charge in [0.25, 0.3) is 10.0 Å². The van der Waals surface area contributed by atoms with Gasteiger partial charge in [-0.1, -0.05) is 0 Å². The lowest BCUT2D eigenvalue weighted by molar-refractivity contribution is 0.214. The van der Waals surface area contributed by atoms with Crippen molar-refractivity contribution >= 4 is 32.4 Å². The molecular formula is C15H21N5O3S2. The molecule has 136 valence electrons. The molecule has 1 aliphatic heterocycles. The zero-order chi connectivity index (χ0) is 18.0. The maximum absolute atomic E-state index is 12.8. The number of amides is 2. The quantitative estimate of drug-likeness (QED) is 0.874. The number of carbonyl (C=O) groups excluding carboxylic acids is 1. The number of aromatic nitrogens is 2. The van der Waals surface area contributed by atoms with Gasteiger partial charge in [-0.2, -0.15) is 4.31 Å². The highest BCUT2D eigenvalue weighted by atomic mass is 32.2. The van der Waals surface area contributed by atoms with E-state index in [9.17, 15) is 13.2 Å². The van der Waals surface area contributed by atoms with Gasteiger partial charge in [0.1, 0.15) is 5.82 Å². The lowest BCUT2D eigenvalue weighted by Gasteiger charge is -2.21. The summed E-state index contributed by atoms with van der Waals surface area (Å²) < 4.78 is 28.6. The molecule has 0 aromatic carbocycles. The molecule has 0 spiro atoms. The molecule has 1 aliphatic rings. The van der Waals surface area contributed by atoms with Gasteiger partial charge in [-0.05, 0) is 30.9 Å². The number of thiophene rings is 1. The zero-order valence-corrected chi connectivity index (χ0v) is 15.8. The van der Waals surface area contributed by atoms with E-state index >= 15 is 0 Å². The molecule has 8 nitrogen and oxygen atoms in total. The Morgan fingerprint density at radius 2 is 2.08 bits per heavy atom. The third-order valence-corrected chi connectivity index (χ3v) is 6.74. The number of nitrogens with zero attached hydrogens (tertiary/aromatic N) is 4. The predicted molar refractivity (Wildman–Crippen MR) is 96.2 cm³/mol. The normalized spacial score (nSPS) is 16.6. The molecule has 0 atom stereocenters. The average molecular weight is 383 g/mol. The number of aryl methyl sites for hydroxylation is 2. The Hall–Kier alpha value is -1.91. The Labute approximate surface area is 151 Å². The van der Waals surface area contributed by atoms with E-state index in [1.165, 1.54) is 21.8 Å². The van der Waals surface area contributed by atoms with Crippen molar-refractivity contribution in [3.63, 3.8) is 0 Å². The number of nitrogens with one attached hydrogen (secondary N) is 1. The van der Waals surface area contributed by atoms with Crippen LogP contribution >= 0.6 is 11.3 Å². The van der Waals surface area contributed by atoms with Crippen LogP contribution in [0.15, 0.2) is 28.7 Å². The molecule has 2 aromatic heterocycles. The van der Waals surface area contributed by atoms with Gasteiger partial charge < -0.3 is 9.47 Å². The first-order valence-corrected chi connectivity index (χ1v) is 10.3. The van der Waals surface area contributed by atoms with Crippen molar-refractivity contribution in [3.05, 3.63) is 29.5 Å². The number of carbonyl (C=O) groups is 1. The predicted octanol–water partition coefficient (Wildman–Crippen LogP) is 1.72. The van der Waals surface area contributed by atoms with Crippen LogP contribution < -0.4 is 5.32 Å². The summed E-state index contributed by atoms with van der Waals surface area (Å²) in [5, 5.41) is 5.57. The van der Waals surface area contributed by atoms with Gasteiger partial charge in [-0.15, -0.1) is 11.3 Å². The molecule has 1 saturated heterocycles. The second kappa shape index (κ2) is 7.14. The number of hydrogen-bond acceptors (Lipinski definition) is 5. The van der Waals surface area contributed by atoms with E-state index in [-0.39, 0.29) is 17.6 Å². The molecule has 0 aliphatic carbocycles. The summed E-state index contributed by atoms with van der Waals surface area (Å²) in [7, 11) is -1.88. The van der Waals surface area contributed by atoms with Gasteiger partial charge in [0, 0.05) is 39.4 Å². The second-order valence-electron chi connectivity index (χ2n) is 5.89. The molecule has 1 fully saturated rings. The van der Waals surface area contributed by atoms with Crippen LogP contribution in [-0.4, -0.2) is 59.4 Å². The van der Waals surface area contributed by atoms with Gasteiger partial charge in [0.2, 0.25) is 0 Å². The van der Waals surface area contributed by atoms with Gasteiger partial charge >= 0.3 is 6.03 Å². The van der Waals surface area contributed by atoms with E-state index in [1.54, 1.807) is 23.4 Å². The number of urea groups is 1. The second-order valence-corrected chi connectivity index (χ2v) is 8.72. The highest BCUT2D eigenvalue weighted by Gasteiger charge is 2.30. The van der Waals surface area contributed by atoms with Crippen molar-refractivity contribution in [3.8, 4) is 0 Å². The molecule has 0 bridgehead atoms. The van der Waals surface area contributed by atoms with Crippen LogP contribution in [0, 0.1) is 6.92 Å². The molecule has 3 heterocycles. The topological polar surface area (TPSA) is 87.5 Å². The minimum Gasteiger partial charge on any atom is -0.337 e. The van der Waals surface area contributed by atoms with Crippen molar-refractivity contribution in [2.24, 2.45) is 7.05 Å². The van der Waals surface area contributed by atoms with Crippen LogP contribution in [0.25, 0.3) is 0 Å². The Bertz CT molecular complexity index is 825. The number of rotatable bonds is 3. The first-order valence-electron chi connectivity index (χ1n) is 7.97. The maximum Gasteiger partial charge on any atom is 0.322 e. The van der Waals surface area contributed by atoms with Crippen LogP contribution in [0.1, 0.15) is 12.2 Å². The molecule has 0 saturated carbocycles. The zero-order valence-electron chi connectivity index (χ0n) is 14.2. The fraction of sp³-hybridized carbons (Fsp3) is 0.467. The summed E-state index contributed by atoms with van der Waals surface area (Å²) in [6, 6.07) is 3.50. The number of hydrogen-bond donors (Lipinski definition) is 1. The van der Waals surface area contributed by atoms with Gasteiger partial charge in [-0.25, -0.2) is 18.2 Å². The fourth-order valence-corrected chi connectivity index (χ4v) is 4.76. The first-order chi connectivity index (χ1) is 11.9. The van der Waals surface area contributed by atoms with E-state index < -0.39 is 10.0 Å². The van der Waals surface area contributed by atoms with Gasteiger partial charge in [-0.3, -0.25) is 5.32 Å². The van der Waals surface area contributed by atoms with E-state index in [1.807, 2.05) is 17.5 Å². The lowest BCUT2D eigenvalue weighted by Crippen LogP contribution is -2.39. The Morgan fingerprint density at radius 3 is 2.72 bits per heavy atom. The van der Waals surface area contributed by atoms with Crippen LogP contribution in [-0.2, 0) is 17.1 Å². The van der Waals surface area contributed by atoms with E-state index in [2.05, 4.69) is 10.3 Å². The van der Waals surface area contributed by atoms with Gasteiger partial charge in [0.15, 0.2) is 5.03 Å². The lowest BCUT2D eigenvalue weighted by atomic mass is 10.4. The summed E-state index contributed by atoms with van der Waals surface area (Å²) >= 11 is 1.45. The largest absolute Gasteiger partial charge is 0.337 e. The van der Waals surface area contributed by atoms with Gasteiger partial charge in [0.05, 0.1) is 5.00 Å². The standard InChI is InChI=1S/C15H21N5O3S2/c1-12-16-14(11-18(12)2)25(22,23)20-7-4-6-19(8-9-20)15(21)17-13-5-3-10-24-13/h3,5,10-11H,4,6-9H2,1-2H3,(H,17,21). The Morgan fingerprint density at radius 1 is 1.28 bits per heavy atom. The summed E-state index contributed by atoms with van der Waals surface area (Å²) in [6.45, 7) is 3.27. The fourth-order valence-electron chi connectivity index (χ4n) is 2.65. The highest BCUT2D eigenvalue weighted by Crippen LogP contribution is 2.19. The monoisotopic (exact) mass is 383 g/mol. The molecule has 2 amide bonds. The maximum atomic E-state index is 12.8. The molecule has 1 N–H and O–H groups in total. The van der Waals surface area contributed by atoms with Crippen LogP contribution in [0.5, 0.6) is 0 Å². The van der Waals surface area contributed by atoms with Crippen LogP contribution in [0.4, 0.5) is 9.80 Å². The summed E-state index contributed by atoms with van der Waals surface area (Å²) in [4.78, 5) is 18.1. The van der Waals surface area contributed by atoms with Crippen molar-refractivity contribution < 1.29 is 13.2 Å². The molecule has 25 heavy (non-hydrogen) atoms. The van der Waals surface area contributed by atoms with Crippen molar-refractivity contribution in [1.82, 2.24) is 18.8 Å². The average Bonchev–Trinajstić information content (AvgIpc) is 3.10. The number of sulfonamides is 1. The van der Waals surface area contributed by atoms with Crippen molar-refractivity contribution in [2.75, 3.05) is 31.5 Å². The molecule has 3 rings (SSSR count). The first kappa shape index (κ1) is 17.9. The SMILES string of the molecule is Cc1nc(S(=O)(=O)N2CCCN(C(=O)Nc3cccs3)CC2)cn1C. The Balaban J connectivity index is 1.67. The van der Waals surface area contributed by atoms with Crippen LogP contribution in [0.2, 0.25) is 0 Å². The van der Waals surface area contributed by atoms with E-state index in [4.69, 9.17) is 0 Å². The molecule has 2 aromatic rings. The van der Waals surface area contributed by atoms with E-state index in [0.29, 0.717) is 31.9 Å². The summed E-state index contributed by atoms with van der Waals surface area (Å²) in [6.07, 6.45) is 2.11. The smallest absolute Gasteiger partial charge is 0.322 e. The minimum atomic E-state index is -3.64. The van der Waals surface area contributed by atoms with Crippen molar-refractivity contribution in [2.45, 2.75) is 18.4 Å². The Kier molecular flexibility index (Phi) is 5.11. The summed E-state index contributed by atoms with van der Waals surface area (Å²) in [5.41, 5.74) is 0. The summed E-state index contributed by atoms with van der Waals surface area (Å²) in [5.74, 6) is 0.644.